The lowest BCUT2D eigenvalue weighted by Gasteiger charge is -2.35. The average Bonchev–Trinajstić information content (AvgIpc) is 2.98. The van der Waals surface area contributed by atoms with Crippen LogP contribution in [0.25, 0.3) is 0 Å². The van der Waals surface area contributed by atoms with Crippen molar-refractivity contribution in [1.29, 1.82) is 0 Å². The van der Waals surface area contributed by atoms with Gasteiger partial charge in [-0.25, -0.2) is 8.78 Å². The van der Waals surface area contributed by atoms with Crippen LogP contribution in [0.15, 0.2) is 35.0 Å². The van der Waals surface area contributed by atoms with Crippen LogP contribution in [0, 0.1) is 11.6 Å². The Morgan fingerprint density at radius 2 is 1.95 bits per heavy atom. The van der Waals surface area contributed by atoms with Crippen LogP contribution in [0.3, 0.4) is 0 Å². The number of nitrogens with zero attached hydrogens (tertiary/aromatic N) is 1. The molecule has 20 heavy (non-hydrogen) atoms. The molecule has 2 heterocycles. The van der Waals surface area contributed by atoms with Crippen molar-refractivity contribution in [3.63, 3.8) is 0 Å². The number of benzene rings is 1. The lowest BCUT2D eigenvalue weighted by Crippen LogP contribution is -2.45. The van der Waals surface area contributed by atoms with E-state index in [-0.39, 0.29) is 11.9 Å². The third-order valence-corrected chi connectivity index (χ3v) is 4.33. The molecular formula is C15H16F2N2S. The second kappa shape index (κ2) is 5.99. The molecule has 0 unspecified atom stereocenters. The minimum absolute atomic E-state index is 0.209. The summed E-state index contributed by atoms with van der Waals surface area (Å²) in [6, 6.07) is 5.48. The number of nitrogens with one attached hydrogen (secondary N) is 1. The molecule has 2 nitrogen and oxygen atoms in total. The molecule has 1 saturated heterocycles. The summed E-state index contributed by atoms with van der Waals surface area (Å²) >= 11 is 1.58. The van der Waals surface area contributed by atoms with Gasteiger partial charge in [-0.3, -0.25) is 4.90 Å². The van der Waals surface area contributed by atoms with E-state index in [1.807, 2.05) is 16.8 Å². The number of thiophene rings is 1. The molecular weight excluding hydrogens is 278 g/mol. The Morgan fingerprint density at radius 3 is 2.65 bits per heavy atom. The summed E-state index contributed by atoms with van der Waals surface area (Å²) in [5.74, 6) is -0.738. The molecule has 0 bridgehead atoms. The minimum Gasteiger partial charge on any atom is -0.314 e. The minimum atomic E-state index is -0.392. The van der Waals surface area contributed by atoms with Crippen molar-refractivity contribution < 1.29 is 8.78 Å². The summed E-state index contributed by atoms with van der Waals surface area (Å²) in [5.41, 5.74) is 1.45. The van der Waals surface area contributed by atoms with Gasteiger partial charge in [-0.15, -0.1) is 0 Å². The summed E-state index contributed by atoms with van der Waals surface area (Å²) in [6.07, 6.45) is 0. The molecule has 0 saturated carbocycles. The third kappa shape index (κ3) is 2.75. The van der Waals surface area contributed by atoms with Crippen LogP contribution in [0.2, 0.25) is 0 Å². The predicted octanol–water partition coefficient (Wildman–Crippen LogP) is 3.02. The Kier molecular flexibility index (Phi) is 4.10. The number of hydrogen-bond acceptors (Lipinski definition) is 3. The molecule has 1 fully saturated rings. The third-order valence-electron chi connectivity index (χ3n) is 3.63. The Balaban J connectivity index is 2.02. The van der Waals surface area contributed by atoms with Gasteiger partial charge in [0, 0.05) is 31.7 Å². The Morgan fingerprint density at radius 1 is 1.15 bits per heavy atom. The second-order valence-electron chi connectivity index (χ2n) is 4.91. The van der Waals surface area contributed by atoms with E-state index < -0.39 is 5.82 Å². The highest BCUT2D eigenvalue weighted by atomic mass is 32.1. The molecule has 106 valence electrons. The number of rotatable bonds is 3. The normalized spacial score (nSPS) is 18.1. The van der Waals surface area contributed by atoms with Gasteiger partial charge in [0.25, 0.3) is 0 Å². The van der Waals surface area contributed by atoms with Crippen LogP contribution in [0.4, 0.5) is 8.78 Å². The maximum Gasteiger partial charge on any atom is 0.128 e. The maximum absolute atomic E-state index is 14.2. The van der Waals surface area contributed by atoms with Crippen LogP contribution in [-0.2, 0) is 0 Å². The fourth-order valence-electron chi connectivity index (χ4n) is 2.68. The second-order valence-corrected chi connectivity index (χ2v) is 5.69. The summed E-state index contributed by atoms with van der Waals surface area (Å²) in [5, 5.41) is 7.27. The molecule has 3 rings (SSSR count). The van der Waals surface area contributed by atoms with Gasteiger partial charge in [-0.1, -0.05) is 0 Å². The molecule has 1 aromatic heterocycles. The molecule has 5 heteroatoms. The smallest absolute Gasteiger partial charge is 0.128 e. The van der Waals surface area contributed by atoms with Gasteiger partial charge in [0.2, 0.25) is 0 Å². The zero-order valence-electron chi connectivity index (χ0n) is 11.0. The van der Waals surface area contributed by atoms with Gasteiger partial charge in [-0.2, -0.15) is 11.3 Å². The fourth-order valence-corrected chi connectivity index (χ4v) is 3.36. The summed E-state index contributed by atoms with van der Waals surface area (Å²) in [6.45, 7) is 3.40. The molecule has 0 aliphatic carbocycles. The lowest BCUT2D eigenvalue weighted by molar-refractivity contribution is 0.195. The predicted molar refractivity (Wildman–Crippen MR) is 77.0 cm³/mol. The SMILES string of the molecule is Fc1ccc(F)c([C@@H](c2ccsc2)N2CCNCC2)c1. The highest BCUT2D eigenvalue weighted by molar-refractivity contribution is 7.08. The average molecular weight is 294 g/mol. The summed E-state index contributed by atoms with van der Waals surface area (Å²) in [4.78, 5) is 2.20. The fraction of sp³-hybridized carbons (Fsp3) is 0.333. The van der Waals surface area contributed by atoms with Gasteiger partial charge in [0.1, 0.15) is 11.6 Å². The molecule has 1 aliphatic heterocycles. The molecule has 0 amide bonds. The lowest BCUT2D eigenvalue weighted by atomic mass is 9.98. The van der Waals surface area contributed by atoms with Gasteiger partial charge in [0.15, 0.2) is 0 Å². The largest absolute Gasteiger partial charge is 0.314 e. The van der Waals surface area contributed by atoms with Gasteiger partial charge >= 0.3 is 0 Å². The van der Waals surface area contributed by atoms with E-state index in [1.54, 1.807) is 11.3 Å². The van der Waals surface area contributed by atoms with Crippen LogP contribution >= 0.6 is 11.3 Å². The van der Waals surface area contributed by atoms with Crippen molar-refractivity contribution >= 4 is 11.3 Å². The van der Waals surface area contributed by atoms with E-state index in [4.69, 9.17) is 0 Å². The standard InChI is InChI=1S/C15H16F2N2S/c16-12-1-2-14(17)13(9-12)15(11-3-8-20-10-11)19-6-4-18-5-7-19/h1-3,8-10,15,18H,4-7H2/t15-/m1/s1. The van der Waals surface area contributed by atoms with Crippen LogP contribution < -0.4 is 5.32 Å². The van der Waals surface area contributed by atoms with Crippen LogP contribution in [0.1, 0.15) is 17.2 Å². The maximum atomic E-state index is 14.2. The quantitative estimate of drug-likeness (QED) is 0.936. The van der Waals surface area contributed by atoms with Crippen molar-refractivity contribution in [2.75, 3.05) is 26.2 Å². The number of halogens is 2. The monoisotopic (exact) mass is 294 g/mol. The highest BCUT2D eigenvalue weighted by Crippen LogP contribution is 2.32. The first kappa shape index (κ1) is 13.7. The van der Waals surface area contributed by atoms with Crippen LogP contribution in [-0.4, -0.2) is 31.1 Å². The van der Waals surface area contributed by atoms with E-state index in [9.17, 15) is 8.78 Å². The van der Waals surface area contributed by atoms with Gasteiger partial charge in [0.05, 0.1) is 6.04 Å². The van der Waals surface area contributed by atoms with Crippen molar-refractivity contribution in [2.24, 2.45) is 0 Å². The Bertz CT molecular complexity index is 565. The molecule has 0 radical (unpaired) electrons. The van der Waals surface area contributed by atoms with Crippen molar-refractivity contribution in [1.82, 2.24) is 10.2 Å². The van der Waals surface area contributed by atoms with Gasteiger partial charge < -0.3 is 5.32 Å². The summed E-state index contributed by atoms with van der Waals surface area (Å²) in [7, 11) is 0. The topological polar surface area (TPSA) is 15.3 Å². The first-order valence-corrected chi connectivity index (χ1v) is 7.62. The zero-order chi connectivity index (χ0) is 13.9. The summed E-state index contributed by atoms with van der Waals surface area (Å²) < 4.78 is 27.7. The first-order valence-electron chi connectivity index (χ1n) is 6.67. The van der Waals surface area contributed by atoms with Gasteiger partial charge in [-0.05, 0) is 40.6 Å². The van der Waals surface area contributed by atoms with Crippen LogP contribution in [0.5, 0.6) is 0 Å². The molecule has 1 atom stereocenters. The molecule has 0 spiro atoms. The number of hydrogen-bond donors (Lipinski definition) is 1. The Hall–Kier alpha value is -1.30. The number of piperazine rings is 1. The van der Waals surface area contributed by atoms with E-state index in [1.165, 1.54) is 18.2 Å². The molecule has 1 N–H and O–H groups in total. The van der Waals surface area contributed by atoms with E-state index >= 15 is 0 Å². The van der Waals surface area contributed by atoms with Crippen molar-refractivity contribution in [3.05, 3.63) is 57.8 Å². The van der Waals surface area contributed by atoms with E-state index in [2.05, 4.69) is 10.2 Å². The highest BCUT2D eigenvalue weighted by Gasteiger charge is 2.26. The zero-order valence-corrected chi connectivity index (χ0v) is 11.8. The molecule has 1 aromatic carbocycles. The van der Waals surface area contributed by atoms with Crippen molar-refractivity contribution in [2.45, 2.75) is 6.04 Å². The first-order chi connectivity index (χ1) is 9.75. The molecule has 1 aliphatic rings. The molecule has 2 aromatic rings. The van der Waals surface area contributed by atoms with Crippen molar-refractivity contribution in [3.8, 4) is 0 Å². The Labute approximate surface area is 121 Å². The van der Waals surface area contributed by atoms with E-state index in [0.29, 0.717) is 5.56 Å². The van der Waals surface area contributed by atoms with E-state index in [0.717, 1.165) is 31.7 Å².